The van der Waals surface area contributed by atoms with Crippen molar-refractivity contribution in [1.82, 2.24) is 8.87 Å². The summed E-state index contributed by atoms with van der Waals surface area (Å²) in [6, 6.07) is 21.4. The van der Waals surface area contributed by atoms with Crippen molar-refractivity contribution in [2.75, 3.05) is 13.1 Å². The van der Waals surface area contributed by atoms with E-state index in [1.54, 1.807) is 6.07 Å². The summed E-state index contributed by atoms with van der Waals surface area (Å²) in [7, 11) is -3.66. The number of pyridine rings is 1. The molecule has 1 fully saturated rings. The van der Waals surface area contributed by atoms with Gasteiger partial charge in [-0.2, -0.15) is 9.30 Å². The largest absolute Gasteiger partial charge is 0.373 e. The third-order valence-electron chi connectivity index (χ3n) is 5.45. The molecular formula is C25H27N3O4S. The van der Waals surface area contributed by atoms with Gasteiger partial charge in [-0.1, -0.05) is 36.4 Å². The zero-order chi connectivity index (χ0) is 23.4. The zero-order valence-corrected chi connectivity index (χ0v) is 19.5. The number of sulfonamides is 1. The summed E-state index contributed by atoms with van der Waals surface area (Å²) in [5.74, 6) is -0.430. The van der Waals surface area contributed by atoms with Crippen molar-refractivity contribution < 1.29 is 17.9 Å². The normalized spacial score (nSPS) is 20.0. The highest BCUT2D eigenvalue weighted by Crippen LogP contribution is 2.21. The first-order valence-electron chi connectivity index (χ1n) is 10.9. The van der Waals surface area contributed by atoms with Crippen LogP contribution in [0.3, 0.4) is 0 Å². The van der Waals surface area contributed by atoms with Gasteiger partial charge in [0.25, 0.3) is 5.91 Å². The Hall–Kier alpha value is -3.07. The summed E-state index contributed by atoms with van der Waals surface area (Å²) < 4.78 is 35.0. The Kier molecular flexibility index (Phi) is 6.88. The molecule has 0 aliphatic carbocycles. The van der Waals surface area contributed by atoms with Crippen LogP contribution in [0.1, 0.15) is 29.8 Å². The van der Waals surface area contributed by atoms with Gasteiger partial charge in [-0.25, -0.2) is 8.42 Å². The van der Waals surface area contributed by atoms with Crippen LogP contribution in [0.15, 0.2) is 88.9 Å². The highest BCUT2D eigenvalue weighted by Gasteiger charge is 2.32. The molecule has 8 heteroatoms. The third kappa shape index (κ3) is 5.47. The van der Waals surface area contributed by atoms with Crippen LogP contribution in [-0.2, 0) is 21.3 Å². The molecular weight excluding hydrogens is 438 g/mol. The molecule has 1 saturated heterocycles. The number of hydrogen-bond donors (Lipinski definition) is 0. The van der Waals surface area contributed by atoms with Crippen LogP contribution < -0.4 is 5.49 Å². The van der Waals surface area contributed by atoms with E-state index in [9.17, 15) is 13.2 Å². The highest BCUT2D eigenvalue weighted by atomic mass is 32.2. The maximum Gasteiger partial charge on any atom is 0.278 e. The predicted octanol–water partition coefficient (Wildman–Crippen LogP) is 3.08. The number of nitrogens with zero attached hydrogens (tertiary/aromatic N) is 3. The highest BCUT2D eigenvalue weighted by molar-refractivity contribution is 7.89. The smallest absolute Gasteiger partial charge is 0.278 e. The van der Waals surface area contributed by atoms with E-state index in [4.69, 9.17) is 4.74 Å². The van der Waals surface area contributed by atoms with Crippen molar-refractivity contribution >= 4 is 15.9 Å². The van der Waals surface area contributed by atoms with Crippen LogP contribution >= 0.6 is 0 Å². The molecule has 1 aromatic heterocycles. The van der Waals surface area contributed by atoms with Gasteiger partial charge in [-0.15, -0.1) is 0 Å². The topological polar surface area (TPSA) is 81.0 Å². The van der Waals surface area contributed by atoms with Crippen LogP contribution in [0.25, 0.3) is 0 Å². The molecule has 1 amide bonds. The lowest BCUT2D eigenvalue weighted by Crippen LogP contribution is -2.48. The number of benzene rings is 2. The van der Waals surface area contributed by atoms with E-state index in [1.165, 1.54) is 28.6 Å². The number of hydrogen-bond acceptors (Lipinski definition) is 4. The molecule has 7 nitrogen and oxygen atoms in total. The lowest BCUT2D eigenvalue weighted by atomic mass is 10.2. The molecule has 0 radical (unpaired) electrons. The molecule has 0 bridgehead atoms. The summed E-state index contributed by atoms with van der Waals surface area (Å²) in [5.41, 5.74) is 1.95. The molecule has 33 heavy (non-hydrogen) atoms. The number of aromatic nitrogens is 1. The van der Waals surface area contributed by atoms with Gasteiger partial charge in [0.1, 0.15) is 5.49 Å². The number of ether oxygens (including phenoxy) is 1. The fraction of sp³-hybridized carbons (Fsp3) is 0.280. The summed E-state index contributed by atoms with van der Waals surface area (Å²) in [6.45, 7) is 4.90. The van der Waals surface area contributed by atoms with E-state index in [0.29, 0.717) is 30.7 Å². The summed E-state index contributed by atoms with van der Waals surface area (Å²) in [6.07, 6.45) is 1.53. The van der Waals surface area contributed by atoms with Crippen molar-refractivity contribution in [2.24, 2.45) is 4.99 Å². The van der Waals surface area contributed by atoms with Gasteiger partial charge in [0.2, 0.25) is 10.0 Å². The molecule has 4 rings (SSSR count). The first-order chi connectivity index (χ1) is 15.8. The fourth-order valence-electron chi connectivity index (χ4n) is 3.90. The Morgan fingerprint density at radius 3 is 2.24 bits per heavy atom. The van der Waals surface area contributed by atoms with Gasteiger partial charge in [-0.05, 0) is 55.8 Å². The summed E-state index contributed by atoms with van der Waals surface area (Å²) >= 11 is 0. The van der Waals surface area contributed by atoms with Gasteiger partial charge in [-0.3, -0.25) is 4.79 Å². The Morgan fingerprint density at radius 1 is 0.939 bits per heavy atom. The van der Waals surface area contributed by atoms with E-state index in [0.717, 1.165) is 5.56 Å². The number of carbonyl (C=O) groups excluding carboxylic acids is 1. The Morgan fingerprint density at radius 2 is 1.58 bits per heavy atom. The minimum Gasteiger partial charge on any atom is -0.373 e. The Bertz CT molecular complexity index is 1270. The van der Waals surface area contributed by atoms with E-state index < -0.39 is 15.9 Å². The Labute approximate surface area is 194 Å². The summed E-state index contributed by atoms with van der Waals surface area (Å²) in [5, 5.41) is 0. The third-order valence-corrected chi connectivity index (χ3v) is 7.30. The van der Waals surface area contributed by atoms with Crippen molar-refractivity contribution in [3.8, 4) is 0 Å². The lowest BCUT2D eigenvalue weighted by molar-refractivity contribution is -0.0440. The van der Waals surface area contributed by atoms with Crippen molar-refractivity contribution in [3.05, 3.63) is 95.6 Å². The van der Waals surface area contributed by atoms with Crippen LogP contribution in [0.2, 0.25) is 0 Å². The Balaban J connectivity index is 1.56. The van der Waals surface area contributed by atoms with Gasteiger partial charge in [0, 0.05) is 31.4 Å². The van der Waals surface area contributed by atoms with Crippen molar-refractivity contribution in [2.45, 2.75) is 37.5 Å². The first kappa shape index (κ1) is 23.1. The number of carbonyl (C=O) groups is 1. The molecule has 2 unspecified atom stereocenters. The van der Waals surface area contributed by atoms with Gasteiger partial charge < -0.3 is 9.30 Å². The lowest BCUT2D eigenvalue weighted by Gasteiger charge is -2.34. The average molecular weight is 466 g/mol. The van der Waals surface area contributed by atoms with Gasteiger partial charge in [0.15, 0.2) is 0 Å². The minimum absolute atomic E-state index is 0.152. The van der Waals surface area contributed by atoms with E-state index in [2.05, 4.69) is 4.99 Å². The standard InChI is InChI=1S/C25H27N3O4S/c1-19-16-28(17-20(2)32-19)33(30,31)23-13-11-22(12-14-23)25(29)26-24-10-6-7-15-27(24)18-21-8-4-3-5-9-21/h3-15,19-20H,16-18H2,1-2H3. The van der Waals surface area contributed by atoms with E-state index in [-0.39, 0.29) is 17.1 Å². The number of amides is 1. The second-order valence-electron chi connectivity index (χ2n) is 8.19. The maximum absolute atomic E-state index is 13.0. The molecule has 0 N–H and O–H groups in total. The molecule has 0 saturated carbocycles. The van der Waals surface area contributed by atoms with Crippen molar-refractivity contribution in [1.29, 1.82) is 0 Å². The molecule has 172 valence electrons. The van der Waals surface area contributed by atoms with Gasteiger partial charge >= 0.3 is 0 Å². The number of rotatable bonds is 5. The van der Waals surface area contributed by atoms with Crippen LogP contribution in [-0.4, -0.2) is 48.5 Å². The summed E-state index contributed by atoms with van der Waals surface area (Å²) in [4.78, 5) is 17.2. The maximum atomic E-state index is 13.0. The number of morpholine rings is 1. The molecule has 2 heterocycles. The average Bonchev–Trinajstić information content (AvgIpc) is 2.80. The van der Waals surface area contributed by atoms with Crippen LogP contribution in [0.4, 0.5) is 0 Å². The monoisotopic (exact) mass is 465 g/mol. The predicted molar refractivity (Wildman–Crippen MR) is 125 cm³/mol. The quantitative estimate of drug-likeness (QED) is 0.580. The van der Waals surface area contributed by atoms with Crippen molar-refractivity contribution in [3.63, 3.8) is 0 Å². The molecule has 2 aromatic carbocycles. The van der Waals surface area contributed by atoms with Gasteiger partial charge in [0.05, 0.1) is 17.1 Å². The molecule has 2 atom stereocenters. The molecule has 1 aliphatic rings. The fourth-order valence-corrected chi connectivity index (χ4v) is 5.49. The van der Waals surface area contributed by atoms with E-state index >= 15 is 0 Å². The molecule has 3 aromatic rings. The zero-order valence-electron chi connectivity index (χ0n) is 18.7. The first-order valence-corrected chi connectivity index (χ1v) is 12.3. The minimum atomic E-state index is -3.66. The molecule has 1 aliphatic heterocycles. The molecule has 0 spiro atoms. The van der Waals surface area contributed by atoms with Crippen LogP contribution in [0, 0.1) is 0 Å². The SMILES string of the molecule is CC1CN(S(=O)(=O)c2ccc(C(=O)N=c3ccccn3Cc3ccccc3)cc2)CC(C)O1. The second-order valence-corrected chi connectivity index (χ2v) is 10.1. The van der Waals surface area contributed by atoms with Crippen LogP contribution in [0.5, 0.6) is 0 Å². The second kappa shape index (κ2) is 9.82. The van der Waals surface area contributed by atoms with E-state index in [1.807, 2.05) is 67.1 Å².